The summed E-state index contributed by atoms with van der Waals surface area (Å²) in [6, 6.07) is 11.1. The Hall–Kier alpha value is -2.86. The number of rotatable bonds is 4. The van der Waals surface area contributed by atoms with E-state index in [1.54, 1.807) is 36.9 Å². The number of aromatic nitrogens is 3. The van der Waals surface area contributed by atoms with Gasteiger partial charge in [-0.1, -0.05) is 28.9 Å². The first-order valence-electron chi connectivity index (χ1n) is 8.05. The van der Waals surface area contributed by atoms with E-state index in [2.05, 4.69) is 15.6 Å². The SMILES string of the molecule is COc1ccc(Cl)cc1-n1nnc(C(=O)Nc2cc(C)ccc2C)c1C. The average molecular weight is 371 g/mol. The molecule has 26 heavy (non-hydrogen) atoms. The Kier molecular flexibility index (Phi) is 4.95. The highest BCUT2D eigenvalue weighted by Gasteiger charge is 2.20. The van der Waals surface area contributed by atoms with Crippen LogP contribution in [-0.2, 0) is 0 Å². The maximum absolute atomic E-state index is 12.7. The summed E-state index contributed by atoms with van der Waals surface area (Å²) in [4.78, 5) is 12.7. The van der Waals surface area contributed by atoms with Gasteiger partial charge in [-0.25, -0.2) is 4.68 Å². The number of methoxy groups -OCH3 is 1. The lowest BCUT2D eigenvalue weighted by Gasteiger charge is -2.10. The van der Waals surface area contributed by atoms with Gasteiger partial charge in [0.15, 0.2) is 5.69 Å². The lowest BCUT2D eigenvalue weighted by Crippen LogP contribution is -2.15. The molecule has 1 amide bonds. The lowest BCUT2D eigenvalue weighted by atomic mass is 10.1. The van der Waals surface area contributed by atoms with Crippen LogP contribution in [0.5, 0.6) is 5.75 Å². The standard InChI is InChI=1S/C19H19ClN4O2/c1-11-5-6-12(2)15(9-11)21-19(25)18-13(3)24(23-22-18)16-10-14(20)7-8-17(16)26-4/h5-10H,1-4H3,(H,21,25). The number of nitrogens with zero attached hydrogens (tertiary/aromatic N) is 3. The molecule has 7 heteroatoms. The van der Waals surface area contributed by atoms with E-state index in [9.17, 15) is 4.79 Å². The molecule has 0 aliphatic rings. The first-order chi connectivity index (χ1) is 12.4. The Morgan fingerprint density at radius 2 is 1.92 bits per heavy atom. The predicted molar refractivity (Wildman–Crippen MR) is 102 cm³/mol. The summed E-state index contributed by atoms with van der Waals surface area (Å²) in [5.74, 6) is 0.271. The van der Waals surface area contributed by atoms with Gasteiger partial charge in [0.1, 0.15) is 11.4 Å². The van der Waals surface area contributed by atoms with Gasteiger partial charge in [0.2, 0.25) is 0 Å². The van der Waals surface area contributed by atoms with Crippen LogP contribution in [0, 0.1) is 20.8 Å². The van der Waals surface area contributed by atoms with Gasteiger partial charge >= 0.3 is 0 Å². The molecule has 0 aliphatic carbocycles. The Morgan fingerprint density at radius 1 is 1.15 bits per heavy atom. The molecule has 134 valence electrons. The third kappa shape index (κ3) is 3.41. The minimum atomic E-state index is -0.316. The van der Waals surface area contributed by atoms with E-state index < -0.39 is 0 Å². The van der Waals surface area contributed by atoms with Crippen molar-refractivity contribution in [2.45, 2.75) is 20.8 Å². The largest absolute Gasteiger partial charge is 0.494 e. The quantitative estimate of drug-likeness (QED) is 0.750. The highest BCUT2D eigenvalue weighted by Crippen LogP contribution is 2.27. The number of halogens is 1. The molecule has 6 nitrogen and oxygen atoms in total. The van der Waals surface area contributed by atoms with Gasteiger partial charge in [0.05, 0.1) is 12.8 Å². The Morgan fingerprint density at radius 3 is 2.65 bits per heavy atom. The predicted octanol–water partition coefficient (Wildman–Crippen LogP) is 4.11. The number of amides is 1. The molecule has 0 saturated carbocycles. The Balaban J connectivity index is 1.95. The number of carbonyl (C=O) groups is 1. The van der Waals surface area contributed by atoms with Gasteiger partial charge in [0, 0.05) is 10.7 Å². The van der Waals surface area contributed by atoms with Crippen LogP contribution in [0.2, 0.25) is 5.02 Å². The van der Waals surface area contributed by atoms with Gasteiger partial charge in [-0.3, -0.25) is 4.79 Å². The van der Waals surface area contributed by atoms with Gasteiger partial charge in [-0.15, -0.1) is 5.10 Å². The molecule has 1 heterocycles. The van der Waals surface area contributed by atoms with Crippen LogP contribution in [0.3, 0.4) is 0 Å². The summed E-state index contributed by atoms with van der Waals surface area (Å²) < 4.78 is 6.90. The Labute approximate surface area is 156 Å². The van der Waals surface area contributed by atoms with Crippen molar-refractivity contribution in [3.63, 3.8) is 0 Å². The maximum Gasteiger partial charge on any atom is 0.278 e. The fraction of sp³-hybridized carbons (Fsp3) is 0.211. The fourth-order valence-corrected chi connectivity index (χ4v) is 2.81. The van der Waals surface area contributed by atoms with Gasteiger partial charge in [-0.2, -0.15) is 0 Å². The van der Waals surface area contributed by atoms with E-state index in [1.165, 1.54) is 0 Å². The minimum Gasteiger partial charge on any atom is -0.494 e. The van der Waals surface area contributed by atoms with Gasteiger partial charge in [-0.05, 0) is 56.2 Å². The maximum atomic E-state index is 12.7. The molecule has 0 spiro atoms. The number of benzene rings is 2. The van der Waals surface area contributed by atoms with Crippen LogP contribution in [0.1, 0.15) is 27.3 Å². The number of anilines is 1. The smallest absolute Gasteiger partial charge is 0.278 e. The zero-order valence-electron chi connectivity index (χ0n) is 15.0. The van der Waals surface area contributed by atoms with Crippen LogP contribution >= 0.6 is 11.6 Å². The van der Waals surface area contributed by atoms with E-state index in [4.69, 9.17) is 16.3 Å². The van der Waals surface area contributed by atoms with Crippen molar-refractivity contribution < 1.29 is 9.53 Å². The van der Waals surface area contributed by atoms with Crippen molar-refractivity contribution in [1.82, 2.24) is 15.0 Å². The molecule has 1 N–H and O–H groups in total. The number of aryl methyl sites for hydroxylation is 2. The van der Waals surface area contributed by atoms with Crippen molar-refractivity contribution in [3.8, 4) is 11.4 Å². The second kappa shape index (κ2) is 7.17. The fourth-order valence-electron chi connectivity index (χ4n) is 2.65. The molecule has 0 fully saturated rings. The van der Waals surface area contributed by atoms with E-state index in [-0.39, 0.29) is 11.6 Å². The summed E-state index contributed by atoms with van der Waals surface area (Å²) >= 11 is 6.09. The average Bonchev–Trinajstić information content (AvgIpc) is 2.99. The number of ether oxygens (including phenoxy) is 1. The van der Waals surface area contributed by atoms with E-state index in [1.807, 2.05) is 32.0 Å². The summed E-state index contributed by atoms with van der Waals surface area (Å²) in [6.45, 7) is 5.69. The molecule has 2 aromatic carbocycles. The molecule has 0 saturated heterocycles. The van der Waals surface area contributed by atoms with Crippen molar-refractivity contribution in [1.29, 1.82) is 0 Å². The van der Waals surface area contributed by atoms with E-state index in [0.29, 0.717) is 22.2 Å². The monoisotopic (exact) mass is 370 g/mol. The molecule has 0 bridgehead atoms. The molecule has 3 aromatic rings. The normalized spacial score (nSPS) is 10.7. The molecule has 0 aliphatic heterocycles. The van der Waals surface area contributed by atoms with Crippen molar-refractivity contribution >= 4 is 23.2 Å². The number of nitrogens with one attached hydrogen (secondary N) is 1. The van der Waals surface area contributed by atoms with Gasteiger partial charge in [0.25, 0.3) is 5.91 Å². The second-order valence-electron chi connectivity index (χ2n) is 6.02. The molecule has 0 unspecified atom stereocenters. The number of carbonyl (C=O) groups excluding carboxylic acids is 1. The molecule has 0 radical (unpaired) electrons. The zero-order chi connectivity index (χ0) is 18.8. The lowest BCUT2D eigenvalue weighted by molar-refractivity contribution is 0.102. The van der Waals surface area contributed by atoms with Crippen LogP contribution < -0.4 is 10.1 Å². The van der Waals surface area contributed by atoms with Crippen molar-refractivity contribution in [2.75, 3.05) is 12.4 Å². The third-order valence-corrected chi connectivity index (χ3v) is 4.36. The highest BCUT2D eigenvalue weighted by molar-refractivity contribution is 6.30. The van der Waals surface area contributed by atoms with Crippen LogP contribution in [0.15, 0.2) is 36.4 Å². The second-order valence-corrected chi connectivity index (χ2v) is 6.46. The molecule has 0 atom stereocenters. The van der Waals surface area contributed by atoms with Crippen LogP contribution in [0.4, 0.5) is 5.69 Å². The van der Waals surface area contributed by atoms with E-state index in [0.717, 1.165) is 16.8 Å². The van der Waals surface area contributed by atoms with Crippen molar-refractivity contribution in [2.24, 2.45) is 0 Å². The van der Waals surface area contributed by atoms with Gasteiger partial charge < -0.3 is 10.1 Å². The van der Waals surface area contributed by atoms with Crippen LogP contribution in [0.25, 0.3) is 5.69 Å². The first-order valence-corrected chi connectivity index (χ1v) is 8.43. The Bertz CT molecular complexity index is 982. The first kappa shape index (κ1) is 17.9. The topological polar surface area (TPSA) is 69.0 Å². The minimum absolute atomic E-state index is 0.243. The summed E-state index contributed by atoms with van der Waals surface area (Å²) in [6.07, 6.45) is 0. The molecular formula is C19H19ClN4O2. The summed E-state index contributed by atoms with van der Waals surface area (Å²) in [5, 5.41) is 11.6. The number of hydrogen-bond donors (Lipinski definition) is 1. The summed E-state index contributed by atoms with van der Waals surface area (Å²) in [7, 11) is 1.56. The zero-order valence-corrected chi connectivity index (χ0v) is 15.8. The van der Waals surface area contributed by atoms with Crippen LogP contribution in [-0.4, -0.2) is 28.0 Å². The van der Waals surface area contributed by atoms with E-state index >= 15 is 0 Å². The molecule has 3 rings (SSSR count). The molecule has 1 aromatic heterocycles. The summed E-state index contributed by atoms with van der Waals surface area (Å²) in [5.41, 5.74) is 4.25. The number of hydrogen-bond acceptors (Lipinski definition) is 4. The third-order valence-electron chi connectivity index (χ3n) is 4.12. The van der Waals surface area contributed by atoms with Crippen molar-refractivity contribution in [3.05, 3.63) is 63.9 Å². The molecular weight excluding hydrogens is 352 g/mol. The highest BCUT2D eigenvalue weighted by atomic mass is 35.5.